The molecule has 0 radical (unpaired) electrons. The van der Waals surface area contributed by atoms with Crippen molar-refractivity contribution in [2.45, 2.75) is 52.3 Å². The Morgan fingerprint density at radius 2 is 1.84 bits per heavy atom. The van der Waals surface area contributed by atoms with Gasteiger partial charge in [-0.05, 0) is 54.7 Å². The number of aromatic nitrogens is 1. The Morgan fingerprint density at radius 3 is 2.41 bits per heavy atom. The predicted molar refractivity (Wildman–Crippen MR) is 121 cm³/mol. The minimum atomic E-state index is -4.36. The van der Waals surface area contributed by atoms with Crippen LogP contribution >= 0.6 is 11.3 Å². The number of nitrogens with one attached hydrogen (secondary N) is 1. The van der Waals surface area contributed by atoms with Gasteiger partial charge in [0.25, 0.3) is 0 Å². The number of carbonyl (C=O) groups is 1. The SMILES string of the molecule is Cc1cc(NCc2sc(-c3ccc(C(F)(F)F)cc3)nc2C(C)C)ccc1CCC(=O)O. The predicted octanol–water partition coefficient (Wildman–Crippen LogP) is 6.89. The number of rotatable bonds is 8. The summed E-state index contributed by atoms with van der Waals surface area (Å²) in [7, 11) is 0. The van der Waals surface area contributed by atoms with Crippen LogP contribution in [0.15, 0.2) is 42.5 Å². The zero-order chi connectivity index (χ0) is 23.5. The highest BCUT2D eigenvalue weighted by Crippen LogP contribution is 2.35. The van der Waals surface area contributed by atoms with Gasteiger partial charge in [0.05, 0.1) is 17.8 Å². The number of aryl methyl sites for hydroxylation is 2. The van der Waals surface area contributed by atoms with Crippen molar-refractivity contribution in [1.29, 1.82) is 0 Å². The fourth-order valence-corrected chi connectivity index (χ4v) is 4.54. The second kappa shape index (κ2) is 9.73. The van der Waals surface area contributed by atoms with Gasteiger partial charge in [0.2, 0.25) is 0 Å². The summed E-state index contributed by atoms with van der Waals surface area (Å²) in [4.78, 5) is 16.5. The van der Waals surface area contributed by atoms with E-state index in [-0.39, 0.29) is 12.3 Å². The topological polar surface area (TPSA) is 62.2 Å². The van der Waals surface area contributed by atoms with E-state index < -0.39 is 17.7 Å². The summed E-state index contributed by atoms with van der Waals surface area (Å²) in [5, 5.41) is 12.9. The highest BCUT2D eigenvalue weighted by atomic mass is 32.1. The number of carboxylic acid groups (broad SMARTS) is 1. The molecule has 0 unspecified atom stereocenters. The molecule has 0 spiro atoms. The zero-order valence-corrected chi connectivity index (χ0v) is 18.9. The van der Waals surface area contributed by atoms with Crippen LogP contribution in [0.2, 0.25) is 0 Å². The fraction of sp³-hybridized carbons (Fsp3) is 0.333. The largest absolute Gasteiger partial charge is 0.481 e. The van der Waals surface area contributed by atoms with Crippen molar-refractivity contribution >= 4 is 23.0 Å². The van der Waals surface area contributed by atoms with Crippen LogP contribution in [-0.4, -0.2) is 16.1 Å². The van der Waals surface area contributed by atoms with Crippen molar-refractivity contribution in [1.82, 2.24) is 4.98 Å². The average Bonchev–Trinajstić information content (AvgIpc) is 3.15. The number of nitrogens with zero attached hydrogens (tertiary/aromatic N) is 1. The first-order valence-electron chi connectivity index (χ1n) is 10.3. The van der Waals surface area contributed by atoms with E-state index >= 15 is 0 Å². The lowest BCUT2D eigenvalue weighted by atomic mass is 10.0. The maximum atomic E-state index is 12.8. The first-order chi connectivity index (χ1) is 15.0. The first-order valence-corrected chi connectivity index (χ1v) is 11.1. The number of aliphatic carboxylic acids is 1. The van der Waals surface area contributed by atoms with Crippen LogP contribution in [0.1, 0.15) is 53.4 Å². The third-order valence-corrected chi connectivity index (χ3v) is 6.26. The lowest BCUT2D eigenvalue weighted by molar-refractivity contribution is -0.138. The Balaban J connectivity index is 1.76. The van der Waals surface area contributed by atoms with Crippen molar-refractivity contribution in [2.75, 3.05) is 5.32 Å². The molecular weight excluding hydrogens is 437 g/mol. The molecule has 0 aliphatic carbocycles. The zero-order valence-electron chi connectivity index (χ0n) is 18.1. The molecule has 0 amide bonds. The normalized spacial score (nSPS) is 11.7. The third kappa shape index (κ3) is 5.88. The van der Waals surface area contributed by atoms with E-state index in [0.29, 0.717) is 23.5 Å². The minimum Gasteiger partial charge on any atom is -0.481 e. The second-order valence-corrected chi connectivity index (χ2v) is 9.03. The maximum absolute atomic E-state index is 12.8. The molecule has 4 nitrogen and oxygen atoms in total. The van der Waals surface area contributed by atoms with Crippen LogP contribution < -0.4 is 5.32 Å². The summed E-state index contributed by atoms with van der Waals surface area (Å²) >= 11 is 1.47. The number of anilines is 1. The number of thiazole rings is 1. The number of hydrogen-bond donors (Lipinski definition) is 2. The van der Waals surface area contributed by atoms with Gasteiger partial charge in [-0.1, -0.05) is 32.0 Å². The number of hydrogen-bond acceptors (Lipinski definition) is 4. The Morgan fingerprint density at radius 1 is 1.16 bits per heavy atom. The summed E-state index contributed by atoms with van der Waals surface area (Å²) in [6, 6.07) is 10.9. The van der Waals surface area contributed by atoms with Crippen molar-refractivity contribution in [3.8, 4) is 10.6 Å². The van der Waals surface area contributed by atoms with E-state index in [4.69, 9.17) is 10.1 Å². The lowest BCUT2D eigenvalue weighted by Gasteiger charge is -2.11. The fourth-order valence-electron chi connectivity index (χ4n) is 3.38. The summed E-state index contributed by atoms with van der Waals surface area (Å²) in [6.07, 6.45) is -3.77. The second-order valence-electron chi connectivity index (χ2n) is 7.95. The van der Waals surface area contributed by atoms with Crippen LogP contribution in [0.25, 0.3) is 10.6 Å². The molecule has 0 aliphatic rings. The van der Waals surface area contributed by atoms with Crippen molar-refractivity contribution in [2.24, 2.45) is 0 Å². The molecule has 0 saturated heterocycles. The molecule has 1 heterocycles. The molecule has 0 aliphatic heterocycles. The lowest BCUT2D eigenvalue weighted by Crippen LogP contribution is -2.04. The quantitative estimate of drug-likeness (QED) is 0.383. The number of benzene rings is 2. The molecule has 32 heavy (non-hydrogen) atoms. The Kier molecular flexibility index (Phi) is 7.23. The van der Waals surface area contributed by atoms with Crippen LogP contribution in [0, 0.1) is 6.92 Å². The molecule has 170 valence electrons. The number of halogens is 3. The maximum Gasteiger partial charge on any atom is 0.416 e. The van der Waals surface area contributed by atoms with Crippen molar-refractivity contribution in [3.63, 3.8) is 0 Å². The molecule has 2 aromatic carbocycles. The van der Waals surface area contributed by atoms with E-state index in [1.807, 2.05) is 39.0 Å². The molecule has 0 saturated carbocycles. The summed E-state index contributed by atoms with van der Waals surface area (Å²) in [5.74, 6) is -0.645. The first kappa shape index (κ1) is 23.8. The van der Waals surface area contributed by atoms with Gasteiger partial charge in [-0.15, -0.1) is 11.3 Å². The Bertz CT molecular complexity index is 1090. The highest BCUT2D eigenvalue weighted by molar-refractivity contribution is 7.15. The summed E-state index contributed by atoms with van der Waals surface area (Å²) in [6.45, 7) is 6.57. The van der Waals surface area contributed by atoms with Gasteiger partial charge in [0.1, 0.15) is 5.01 Å². The molecule has 8 heteroatoms. The Hall–Kier alpha value is -2.87. The molecule has 0 bridgehead atoms. The molecule has 0 atom stereocenters. The number of carboxylic acids is 1. The molecule has 2 N–H and O–H groups in total. The molecule has 3 aromatic rings. The van der Waals surface area contributed by atoms with E-state index in [9.17, 15) is 18.0 Å². The molecule has 0 fully saturated rings. The van der Waals surface area contributed by atoms with E-state index in [1.54, 1.807) is 0 Å². The van der Waals surface area contributed by atoms with Gasteiger partial charge in [0.15, 0.2) is 0 Å². The van der Waals surface area contributed by atoms with E-state index in [0.717, 1.165) is 39.5 Å². The minimum absolute atomic E-state index is 0.0962. The summed E-state index contributed by atoms with van der Waals surface area (Å²) in [5.41, 5.74) is 3.85. The molecular formula is C24H25F3N2O2S. The molecule has 3 rings (SSSR count). The Labute approximate surface area is 189 Å². The van der Waals surface area contributed by atoms with Gasteiger partial charge in [0, 0.05) is 22.5 Å². The number of alkyl halides is 3. The van der Waals surface area contributed by atoms with Gasteiger partial charge >= 0.3 is 12.1 Å². The van der Waals surface area contributed by atoms with Gasteiger partial charge in [-0.25, -0.2) is 4.98 Å². The van der Waals surface area contributed by atoms with E-state index in [1.165, 1.54) is 23.5 Å². The van der Waals surface area contributed by atoms with Crippen molar-refractivity contribution in [3.05, 3.63) is 69.7 Å². The smallest absolute Gasteiger partial charge is 0.416 e. The summed E-state index contributed by atoms with van der Waals surface area (Å²) < 4.78 is 38.5. The van der Waals surface area contributed by atoms with E-state index in [2.05, 4.69) is 5.32 Å². The standard InChI is InChI=1S/C24H25F3N2O2S/c1-14(2)22-20(13-28-19-10-6-16(15(3)12-19)7-11-21(30)31)32-23(29-22)17-4-8-18(9-5-17)24(25,26)27/h4-6,8-10,12,14,28H,7,11,13H2,1-3H3,(H,30,31). The van der Waals surface area contributed by atoms with Crippen LogP contribution in [-0.2, 0) is 23.9 Å². The average molecular weight is 463 g/mol. The van der Waals surface area contributed by atoms with Gasteiger partial charge in [-0.3, -0.25) is 4.79 Å². The van der Waals surface area contributed by atoms with Gasteiger partial charge < -0.3 is 10.4 Å². The van der Waals surface area contributed by atoms with Crippen molar-refractivity contribution < 1.29 is 23.1 Å². The van der Waals surface area contributed by atoms with Crippen LogP contribution in [0.3, 0.4) is 0 Å². The highest BCUT2D eigenvalue weighted by Gasteiger charge is 2.30. The monoisotopic (exact) mass is 462 g/mol. The van der Waals surface area contributed by atoms with Crippen LogP contribution in [0.4, 0.5) is 18.9 Å². The van der Waals surface area contributed by atoms with Gasteiger partial charge in [-0.2, -0.15) is 13.2 Å². The van der Waals surface area contributed by atoms with Crippen LogP contribution in [0.5, 0.6) is 0 Å². The third-order valence-electron chi connectivity index (χ3n) is 5.14. The molecule has 1 aromatic heterocycles.